The molecule has 26 heavy (non-hydrogen) atoms. The smallest absolute Gasteiger partial charge is 0.163 e. The number of hydrogen-bond donors (Lipinski definition) is 0. The number of rotatable bonds is 5. The number of ketones is 1. The number of fused-ring (bicyclic) bond motifs is 1. The van der Waals surface area contributed by atoms with Gasteiger partial charge in [-0.1, -0.05) is 103 Å². The number of Topliss-reactive ketones (excluding diaryl/α,β-unsaturated/α-hetero) is 1. The topological polar surface area (TPSA) is 17.1 Å². The largest absolute Gasteiger partial charge is 0.294 e. The van der Waals surface area contributed by atoms with E-state index < -0.39 is 0 Å². The van der Waals surface area contributed by atoms with Crippen LogP contribution in [-0.4, -0.2) is 5.78 Å². The Hall–Kier alpha value is -3.19. The Balaban J connectivity index is 1.74. The first-order valence-corrected chi connectivity index (χ1v) is 8.93. The molecule has 4 aromatic carbocycles. The fourth-order valence-corrected chi connectivity index (χ4v) is 3.47. The summed E-state index contributed by atoms with van der Waals surface area (Å²) in [6.45, 7) is 0. The molecule has 0 heterocycles. The zero-order valence-corrected chi connectivity index (χ0v) is 14.5. The molecular weight excluding hydrogens is 316 g/mol. The lowest BCUT2D eigenvalue weighted by Gasteiger charge is -2.18. The van der Waals surface area contributed by atoms with Crippen LogP contribution in [0.2, 0.25) is 0 Å². The maximum Gasteiger partial charge on any atom is 0.163 e. The molecule has 1 atom stereocenters. The van der Waals surface area contributed by atoms with Gasteiger partial charge in [0.05, 0.1) is 0 Å². The van der Waals surface area contributed by atoms with Gasteiger partial charge in [-0.3, -0.25) is 4.79 Å². The van der Waals surface area contributed by atoms with Gasteiger partial charge in [0.1, 0.15) is 0 Å². The van der Waals surface area contributed by atoms with Crippen molar-refractivity contribution in [2.45, 2.75) is 12.3 Å². The highest BCUT2D eigenvalue weighted by atomic mass is 16.1. The van der Waals surface area contributed by atoms with Crippen LogP contribution in [0.4, 0.5) is 0 Å². The van der Waals surface area contributed by atoms with Gasteiger partial charge in [-0.25, -0.2) is 0 Å². The lowest BCUT2D eigenvalue weighted by Crippen LogP contribution is -2.09. The average Bonchev–Trinajstić information content (AvgIpc) is 2.73. The molecule has 126 valence electrons. The zero-order chi connectivity index (χ0) is 17.8. The second-order valence-corrected chi connectivity index (χ2v) is 6.56. The van der Waals surface area contributed by atoms with E-state index in [1.54, 1.807) is 0 Å². The number of carbonyl (C=O) groups excluding carboxylic acids is 1. The van der Waals surface area contributed by atoms with Gasteiger partial charge in [0.25, 0.3) is 0 Å². The Bertz CT molecular complexity index is 1020. The Morgan fingerprint density at radius 1 is 0.615 bits per heavy atom. The molecule has 1 heteroatoms. The van der Waals surface area contributed by atoms with Crippen molar-refractivity contribution in [3.63, 3.8) is 0 Å². The van der Waals surface area contributed by atoms with E-state index in [1.165, 1.54) is 21.9 Å². The molecule has 0 aliphatic carbocycles. The van der Waals surface area contributed by atoms with Gasteiger partial charge >= 0.3 is 0 Å². The summed E-state index contributed by atoms with van der Waals surface area (Å²) >= 11 is 0. The van der Waals surface area contributed by atoms with Gasteiger partial charge in [-0.15, -0.1) is 0 Å². The minimum absolute atomic E-state index is 0.0495. The van der Waals surface area contributed by atoms with Crippen LogP contribution in [0.3, 0.4) is 0 Å². The van der Waals surface area contributed by atoms with E-state index in [-0.39, 0.29) is 11.7 Å². The fraction of sp³-hybridized carbons (Fsp3) is 0.0800. The van der Waals surface area contributed by atoms with Crippen molar-refractivity contribution in [3.05, 3.63) is 120 Å². The first kappa shape index (κ1) is 16.3. The van der Waals surface area contributed by atoms with Crippen LogP contribution in [0.15, 0.2) is 103 Å². The molecule has 0 saturated heterocycles. The molecule has 0 radical (unpaired) electrons. The first-order chi connectivity index (χ1) is 12.8. The van der Waals surface area contributed by atoms with Crippen molar-refractivity contribution >= 4 is 16.6 Å². The summed E-state index contributed by atoms with van der Waals surface area (Å²) in [4.78, 5) is 12.9. The van der Waals surface area contributed by atoms with Crippen molar-refractivity contribution in [2.75, 3.05) is 0 Å². The summed E-state index contributed by atoms with van der Waals surface area (Å²) in [5.41, 5.74) is 3.13. The van der Waals surface area contributed by atoms with Gasteiger partial charge in [0.2, 0.25) is 0 Å². The Morgan fingerprint density at radius 3 is 1.96 bits per heavy atom. The number of hydrogen-bond acceptors (Lipinski definition) is 1. The quantitative estimate of drug-likeness (QED) is 0.394. The van der Waals surface area contributed by atoms with Gasteiger partial charge in [-0.2, -0.15) is 0 Å². The van der Waals surface area contributed by atoms with E-state index >= 15 is 0 Å². The monoisotopic (exact) mass is 336 g/mol. The van der Waals surface area contributed by atoms with Crippen LogP contribution in [0.5, 0.6) is 0 Å². The van der Waals surface area contributed by atoms with E-state index in [0.717, 1.165) is 5.56 Å². The molecule has 0 spiro atoms. The van der Waals surface area contributed by atoms with Gasteiger partial charge < -0.3 is 0 Å². The molecule has 0 aliphatic heterocycles. The van der Waals surface area contributed by atoms with Crippen molar-refractivity contribution in [1.29, 1.82) is 0 Å². The standard InChI is InChI=1S/C25H20O/c26-25(21-12-5-2-6-13-21)18-24(20-10-3-1-4-11-20)23-16-15-19-9-7-8-14-22(19)17-23/h1-17,24H,18H2. The molecule has 1 nitrogen and oxygen atoms in total. The Kier molecular flexibility index (Phi) is 4.61. The lowest BCUT2D eigenvalue weighted by atomic mass is 9.85. The molecule has 0 fully saturated rings. The third-order valence-corrected chi connectivity index (χ3v) is 4.86. The molecular formula is C25H20O. The first-order valence-electron chi connectivity index (χ1n) is 8.93. The van der Waals surface area contributed by atoms with Gasteiger partial charge in [-0.05, 0) is 21.9 Å². The van der Waals surface area contributed by atoms with Crippen LogP contribution in [0.25, 0.3) is 10.8 Å². The van der Waals surface area contributed by atoms with E-state index in [4.69, 9.17) is 0 Å². The second-order valence-electron chi connectivity index (χ2n) is 6.56. The van der Waals surface area contributed by atoms with Crippen molar-refractivity contribution < 1.29 is 4.79 Å². The molecule has 0 N–H and O–H groups in total. The highest BCUT2D eigenvalue weighted by Crippen LogP contribution is 2.31. The summed E-state index contributed by atoms with van der Waals surface area (Å²) in [5.74, 6) is 0.223. The predicted molar refractivity (Wildman–Crippen MR) is 108 cm³/mol. The minimum Gasteiger partial charge on any atom is -0.294 e. The van der Waals surface area contributed by atoms with Crippen LogP contribution >= 0.6 is 0 Å². The van der Waals surface area contributed by atoms with Crippen molar-refractivity contribution in [1.82, 2.24) is 0 Å². The number of benzene rings is 4. The van der Waals surface area contributed by atoms with Crippen LogP contribution < -0.4 is 0 Å². The average molecular weight is 336 g/mol. The Morgan fingerprint density at radius 2 is 1.23 bits per heavy atom. The third-order valence-electron chi connectivity index (χ3n) is 4.86. The van der Waals surface area contributed by atoms with Gasteiger partial charge in [0.15, 0.2) is 5.78 Å². The molecule has 4 rings (SSSR count). The zero-order valence-electron chi connectivity index (χ0n) is 14.5. The normalized spacial score (nSPS) is 12.0. The summed E-state index contributed by atoms with van der Waals surface area (Å²) < 4.78 is 0. The molecule has 0 bridgehead atoms. The van der Waals surface area contributed by atoms with Crippen molar-refractivity contribution in [2.24, 2.45) is 0 Å². The molecule has 0 aromatic heterocycles. The van der Waals surface area contributed by atoms with Crippen molar-refractivity contribution in [3.8, 4) is 0 Å². The molecule has 0 saturated carbocycles. The molecule has 1 unspecified atom stereocenters. The molecule has 0 aliphatic rings. The Labute approximate surface area is 153 Å². The summed E-state index contributed by atoms with van der Waals surface area (Å²) in [5, 5.41) is 2.43. The predicted octanol–water partition coefficient (Wildman–Crippen LogP) is 6.24. The summed E-state index contributed by atoms with van der Waals surface area (Å²) in [7, 11) is 0. The highest BCUT2D eigenvalue weighted by molar-refractivity contribution is 5.97. The second kappa shape index (κ2) is 7.37. The summed E-state index contributed by atoms with van der Waals surface area (Å²) in [6.07, 6.45) is 0.465. The number of carbonyl (C=O) groups is 1. The maximum absolute atomic E-state index is 12.9. The van der Waals surface area contributed by atoms with Crippen LogP contribution in [0.1, 0.15) is 33.8 Å². The third kappa shape index (κ3) is 3.43. The van der Waals surface area contributed by atoms with Crippen LogP contribution in [-0.2, 0) is 0 Å². The highest BCUT2D eigenvalue weighted by Gasteiger charge is 2.19. The van der Waals surface area contributed by atoms with E-state index in [0.29, 0.717) is 6.42 Å². The fourth-order valence-electron chi connectivity index (χ4n) is 3.47. The van der Waals surface area contributed by atoms with Crippen LogP contribution in [0, 0.1) is 0 Å². The van der Waals surface area contributed by atoms with E-state index in [2.05, 4.69) is 54.6 Å². The summed E-state index contributed by atoms with van der Waals surface area (Å²) in [6, 6.07) is 34.7. The lowest BCUT2D eigenvalue weighted by molar-refractivity contribution is 0.0977. The molecule has 0 amide bonds. The molecule has 4 aromatic rings. The van der Waals surface area contributed by atoms with Gasteiger partial charge in [0, 0.05) is 17.9 Å². The SMILES string of the molecule is O=C(CC(c1ccccc1)c1ccc2ccccc2c1)c1ccccc1. The van der Waals surface area contributed by atoms with E-state index in [9.17, 15) is 4.79 Å². The van der Waals surface area contributed by atoms with E-state index in [1.807, 2.05) is 48.5 Å². The minimum atomic E-state index is 0.0495. The maximum atomic E-state index is 12.9.